The summed E-state index contributed by atoms with van der Waals surface area (Å²) < 4.78 is 7.27. The summed E-state index contributed by atoms with van der Waals surface area (Å²) in [5, 5.41) is 21.1. The smallest absolute Gasteiger partial charge is 0.216 e. The Kier molecular flexibility index (Phi) is 4.52. The van der Waals surface area contributed by atoms with Crippen LogP contribution in [0, 0.1) is 4.77 Å². The maximum Gasteiger partial charge on any atom is 0.216 e. The Labute approximate surface area is 121 Å². The first-order valence-corrected chi connectivity index (χ1v) is 6.73. The van der Waals surface area contributed by atoms with Crippen molar-refractivity contribution in [2.45, 2.75) is 20.3 Å². The molecule has 0 spiro atoms. The van der Waals surface area contributed by atoms with Crippen LogP contribution in [0.4, 0.5) is 0 Å². The van der Waals surface area contributed by atoms with E-state index in [0.717, 1.165) is 5.82 Å². The molecule has 0 atom stereocenters. The van der Waals surface area contributed by atoms with Crippen LogP contribution in [0.5, 0.6) is 11.5 Å². The summed E-state index contributed by atoms with van der Waals surface area (Å²) in [6.07, 6.45) is 2.23. The second-order valence-corrected chi connectivity index (χ2v) is 4.37. The van der Waals surface area contributed by atoms with Gasteiger partial charge >= 0.3 is 0 Å². The number of ether oxygens (including phenoxy) is 1. The van der Waals surface area contributed by atoms with E-state index in [4.69, 9.17) is 17.0 Å². The molecule has 0 amide bonds. The number of nitrogens with zero attached hydrogens (tertiary/aromatic N) is 3. The lowest BCUT2D eigenvalue weighted by Gasteiger charge is -2.07. The Morgan fingerprint density at radius 1 is 1.50 bits per heavy atom. The van der Waals surface area contributed by atoms with Gasteiger partial charge in [-0.1, -0.05) is 13.0 Å². The Balaban J connectivity index is 2.34. The first-order chi connectivity index (χ1) is 9.67. The van der Waals surface area contributed by atoms with Gasteiger partial charge in [0.25, 0.3) is 0 Å². The van der Waals surface area contributed by atoms with Crippen LogP contribution in [0.3, 0.4) is 0 Å². The molecule has 0 bridgehead atoms. The number of hydrogen-bond acceptors (Lipinski definition) is 5. The molecule has 20 heavy (non-hydrogen) atoms. The molecule has 1 aromatic carbocycles. The van der Waals surface area contributed by atoms with Crippen LogP contribution in [0.2, 0.25) is 0 Å². The van der Waals surface area contributed by atoms with Gasteiger partial charge in [-0.15, -0.1) is 0 Å². The first kappa shape index (κ1) is 14.3. The van der Waals surface area contributed by atoms with Gasteiger partial charge in [0.15, 0.2) is 17.3 Å². The Bertz CT molecular complexity index is 675. The molecule has 6 nitrogen and oxygen atoms in total. The highest BCUT2D eigenvalue weighted by molar-refractivity contribution is 7.71. The van der Waals surface area contributed by atoms with Crippen LogP contribution in [-0.4, -0.2) is 32.8 Å². The van der Waals surface area contributed by atoms with Crippen molar-refractivity contribution >= 4 is 18.4 Å². The minimum Gasteiger partial charge on any atom is -0.504 e. The fourth-order valence-corrected chi connectivity index (χ4v) is 1.91. The second kappa shape index (κ2) is 6.33. The van der Waals surface area contributed by atoms with Gasteiger partial charge < -0.3 is 9.84 Å². The number of aromatic hydroxyl groups is 1. The van der Waals surface area contributed by atoms with Crippen molar-refractivity contribution in [3.63, 3.8) is 0 Å². The lowest BCUT2D eigenvalue weighted by Crippen LogP contribution is -1.98. The normalized spacial score (nSPS) is 11.1. The standard InChI is InChI=1S/C13H16N4O2S/c1-3-11-15-16-13(20)17(11)14-8-9-6-5-7-10(12(9)18)19-4-2/h5-8,18H,3-4H2,1-2H3,(H,16,20)/b14-8+. The van der Waals surface area contributed by atoms with Gasteiger partial charge in [-0.3, -0.25) is 5.10 Å². The maximum atomic E-state index is 10.1. The molecule has 0 radical (unpaired) electrons. The summed E-state index contributed by atoms with van der Waals surface area (Å²) in [6, 6.07) is 5.25. The van der Waals surface area contributed by atoms with Crippen molar-refractivity contribution in [2.75, 3.05) is 6.61 Å². The highest BCUT2D eigenvalue weighted by Gasteiger charge is 2.06. The summed E-state index contributed by atoms with van der Waals surface area (Å²) in [7, 11) is 0. The van der Waals surface area contributed by atoms with Crippen LogP contribution in [0.15, 0.2) is 23.3 Å². The molecule has 1 heterocycles. The number of phenolic OH excluding ortho intramolecular Hbond substituents is 1. The zero-order valence-electron chi connectivity index (χ0n) is 11.3. The van der Waals surface area contributed by atoms with Crippen molar-refractivity contribution in [3.8, 4) is 11.5 Å². The number of hydrogen-bond donors (Lipinski definition) is 2. The number of aromatic nitrogens is 3. The van der Waals surface area contributed by atoms with E-state index in [0.29, 0.717) is 29.1 Å². The zero-order chi connectivity index (χ0) is 14.5. The average Bonchev–Trinajstić information content (AvgIpc) is 2.80. The molecule has 0 unspecified atom stereocenters. The molecule has 106 valence electrons. The van der Waals surface area contributed by atoms with Gasteiger partial charge in [-0.2, -0.15) is 14.9 Å². The van der Waals surface area contributed by atoms with E-state index in [9.17, 15) is 5.11 Å². The van der Waals surface area contributed by atoms with E-state index in [1.807, 2.05) is 13.8 Å². The highest BCUT2D eigenvalue weighted by atomic mass is 32.1. The number of aryl methyl sites for hydroxylation is 1. The van der Waals surface area contributed by atoms with E-state index in [1.165, 1.54) is 10.9 Å². The van der Waals surface area contributed by atoms with Crippen LogP contribution < -0.4 is 4.74 Å². The van der Waals surface area contributed by atoms with Crippen molar-refractivity contribution in [1.29, 1.82) is 0 Å². The lowest BCUT2D eigenvalue weighted by molar-refractivity contribution is 0.318. The van der Waals surface area contributed by atoms with E-state index in [1.54, 1.807) is 18.2 Å². The quantitative estimate of drug-likeness (QED) is 0.656. The van der Waals surface area contributed by atoms with Gasteiger partial charge in [-0.25, -0.2) is 0 Å². The third kappa shape index (κ3) is 2.88. The molecular weight excluding hydrogens is 276 g/mol. The predicted molar refractivity (Wildman–Crippen MR) is 79.1 cm³/mol. The SMILES string of the molecule is CCOc1cccc(/C=N/n2c(CC)n[nH]c2=S)c1O. The van der Waals surface area contributed by atoms with Gasteiger partial charge in [0.05, 0.1) is 12.8 Å². The van der Waals surface area contributed by atoms with Crippen molar-refractivity contribution in [1.82, 2.24) is 14.9 Å². The third-order valence-corrected chi connectivity index (χ3v) is 2.94. The number of phenols is 1. The number of rotatable bonds is 5. The fourth-order valence-electron chi connectivity index (χ4n) is 1.71. The Morgan fingerprint density at radius 3 is 3.00 bits per heavy atom. The molecule has 0 saturated heterocycles. The van der Waals surface area contributed by atoms with Crippen LogP contribution in [-0.2, 0) is 6.42 Å². The fraction of sp³-hybridized carbons (Fsp3) is 0.308. The molecular formula is C13H16N4O2S. The molecule has 0 aliphatic rings. The molecule has 7 heteroatoms. The van der Waals surface area contributed by atoms with Crippen molar-refractivity contribution in [2.24, 2.45) is 5.10 Å². The molecule has 0 fully saturated rings. The number of aromatic amines is 1. The Hall–Kier alpha value is -2.15. The van der Waals surface area contributed by atoms with Crippen molar-refractivity contribution < 1.29 is 9.84 Å². The number of benzene rings is 1. The second-order valence-electron chi connectivity index (χ2n) is 3.98. The van der Waals surface area contributed by atoms with E-state index in [2.05, 4.69) is 15.3 Å². The van der Waals surface area contributed by atoms with Crippen LogP contribution in [0.1, 0.15) is 25.2 Å². The van der Waals surface area contributed by atoms with Gasteiger partial charge in [0.1, 0.15) is 0 Å². The molecule has 0 saturated carbocycles. The number of nitrogens with one attached hydrogen (secondary N) is 1. The lowest BCUT2D eigenvalue weighted by atomic mass is 10.2. The van der Waals surface area contributed by atoms with Gasteiger partial charge in [0, 0.05) is 12.0 Å². The van der Waals surface area contributed by atoms with E-state index in [-0.39, 0.29) is 5.75 Å². The molecule has 0 aliphatic heterocycles. The van der Waals surface area contributed by atoms with Crippen LogP contribution in [0.25, 0.3) is 0 Å². The first-order valence-electron chi connectivity index (χ1n) is 6.32. The number of H-pyrrole nitrogens is 1. The number of para-hydroxylation sites is 1. The average molecular weight is 292 g/mol. The predicted octanol–water partition coefficient (Wildman–Crippen LogP) is 2.49. The summed E-state index contributed by atoms with van der Waals surface area (Å²) >= 11 is 5.10. The maximum absolute atomic E-state index is 10.1. The van der Waals surface area contributed by atoms with E-state index >= 15 is 0 Å². The highest BCUT2D eigenvalue weighted by Crippen LogP contribution is 2.28. The minimum absolute atomic E-state index is 0.0613. The van der Waals surface area contributed by atoms with Crippen molar-refractivity contribution in [3.05, 3.63) is 34.4 Å². The topological polar surface area (TPSA) is 75.4 Å². The van der Waals surface area contributed by atoms with E-state index < -0.39 is 0 Å². The summed E-state index contributed by atoms with van der Waals surface area (Å²) in [5.74, 6) is 1.22. The van der Waals surface area contributed by atoms with Gasteiger partial charge in [-0.05, 0) is 31.3 Å². The minimum atomic E-state index is 0.0613. The molecule has 2 N–H and O–H groups in total. The molecule has 2 rings (SSSR count). The third-order valence-electron chi connectivity index (χ3n) is 2.68. The molecule has 1 aromatic heterocycles. The molecule has 0 aliphatic carbocycles. The van der Waals surface area contributed by atoms with Gasteiger partial charge in [0.2, 0.25) is 4.77 Å². The zero-order valence-corrected chi connectivity index (χ0v) is 12.1. The largest absolute Gasteiger partial charge is 0.504 e. The molecule has 2 aromatic rings. The monoisotopic (exact) mass is 292 g/mol. The summed E-state index contributed by atoms with van der Waals surface area (Å²) in [6.45, 7) is 4.31. The van der Waals surface area contributed by atoms with Crippen LogP contribution >= 0.6 is 12.2 Å². The Morgan fingerprint density at radius 2 is 2.30 bits per heavy atom. The summed E-state index contributed by atoms with van der Waals surface area (Å²) in [4.78, 5) is 0. The summed E-state index contributed by atoms with van der Waals surface area (Å²) in [5.41, 5.74) is 0.557.